The van der Waals surface area contributed by atoms with Crippen molar-refractivity contribution in [1.82, 2.24) is 4.90 Å². The van der Waals surface area contributed by atoms with Crippen LogP contribution in [0.15, 0.2) is 6.07 Å². The Morgan fingerprint density at radius 2 is 2.05 bits per heavy atom. The highest BCUT2D eigenvalue weighted by molar-refractivity contribution is 7.20. The molecule has 2 amide bonds. The number of halogens is 2. The van der Waals surface area contributed by atoms with Crippen LogP contribution in [0.1, 0.15) is 29.6 Å². The van der Waals surface area contributed by atoms with Gasteiger partial charge in [-0.3, -0.25) is 14.4 Å². The largest absolute Gasteiger partial charge is 0.369 e. The van der Waals surface area contributed by atoms with Crippen molar-refractivity contribution >= 4 is 52.1 Å². The van der Waals surface area contributed by atoms with Crippen molar-refractivity contribution in [1.29, 1.82) is 0 Å². The molecule has 2 N–H and O–H groups in total. The predicted octanol–water partition coefficient (Wildman–Crippen LogP) is 2.35. The Bertz CT molecular complexity index is 588. The lowest BCUT2D eigenvalue weighted by Crippen LogP contribution is -2.31. The molecule has 0 radical (unpaired) electrons. The van der Waals surface area contributed by atoms with Crippen LogP contribution < -0.4 is 5.73 Å². The van der Waals surface area contributed by atoms with Gasteiger partial charge >= 0.3 is 0 Å². The molecule has 1 saturated heterocycles. The average Bonchev–Trinajstić information content (AvgIpc) is 3.02. The summed E-state index contributed by atoms with van der Waals surface area (Å²) in [7, 11) is 0. The standard InChI is InChI=1S/C13H14Cl2N2O3S/c14-10-5-8(12(15)21-10)9(18)1-2-11(19)17-4-3-7(6-17)13(16)20/h5,7H,1-4,6H2,(H2,16,20). The lowest BCUT2D eigenvalue weighted by atomic mass is 10.1. The molecule has 2 heterocycles. The number of primary amides is 1. The summed E-state index contributed by atoms with van der Waals surface area (Å²) in [6, 6.07) is 1.51. The molecule has 1 aromatic rings. The van der Waals surface area contributed by atoms with Gasteiger partial charge in [-0.2, -0.15) is 0 Å². The van der Waals surface area contributed by atoms with Gasteiger partial charge in [-0.1, -0.05) is 23.2 Å². The Balaban J connectivity index is 1.86. The minimum Gasteiger partial charge on any atom is -0.369 e. The number of thiophene rings is 1. The summed E-state index contributed by atoms with van der Waals surface area (Å²) in [4.78, 5) is 36.6. The SMILES string of the molecule is NC(=O)C1CCN(C(=O)CCC(=O)c2cc(Cl)sc2Cl)C1. The van der Waals surface area contributed by atoms with Crippen LogP contribution in [0.3, 0.4) is 0 Å². The smallest absolute Gasteiger partial charge is 0.223 e. The number of nitrogens with two attached hydrogens (primary N) is 1. The summed E-state index contributed by atoms with van der Waals surface area (Å²) < 4.78 is 0.783. The molecule has 1 aliphatic heterocycles. The van der Waals surface area contributed by atoms with Crippen LogP contribution in [0.25, 0.3) is 0 Å². The highest BCUT2D eigenvalue weighted by atomic mass is 35.5. The first kappa shape index (κ1) is 16.3. The van der Waals surface area contributed by atoms with E-state index in [0.717, 1.165) is 11.3 Å². The third-order valence-corrected chi connectivity index (χ3v) is 4.95. The second-order valence-electron chi connectivity index (χ2n) is 4.89. The number of hydrogen-bond donors (Lipinski definition) is 1. The third kappa shape index (κ3) is 3.96. The summed E-state index contributed by atoms with van der Waals surface area (Å²) in [6.45, 7) is 0.846. The number of carbonyl (C=O) groups is 3. The van der Waals surface area contributed by atoms with Crippen molar-refractivity contribution < 1.29 is 14.4 Å². The van der Waals surface area contributed by atoms with Gasteiger partial charge < -0.3 is 10.6 Å². The second-order valence-corrected chi connectivity index (χ2v) is 7.17. The van der Waals surface area contributed by atoms with Gasteiger partial charge in [0.15, 0.2) is 5.78 Å². The van der Waals surface area contributed by atoms with E-state index in [1.807, 2.05) is 0 Å². The lowest BCUT2D eigenvalue weighted by molar-refractivity contribution is -0.130. The summed E-state index contributed by atoms with van der Waals surface area (Å²) >= 11 is 12.8. The Morgan fingerprint density at radius 1 is 1.33 bits per heavy atom. The maximum Gasteiger partial charge on any atom is 0.223 e. The van der Waals surface area contributed by atoms with Crippen molar-refractivity contribution in [2.45, 2.75) is 19.3 Å². The summed E-state index contributed by atoms with van der Waals surface area (Å²) in [5.41, 5.74) is 5.58. The minimum absolute atomic E-state index is 0.0728. The van der Waals surface area contributed by atoms with E-state index in [9.17, 15) is 14.4 Å². The molecule has 5 nitrogen and oxygen atoms in total. The first-order valence-corrected chi connectivity index (χ1v) is 8.01. The predicted molar refractivity (Wildman–Crippen MR) is 81.8 cm³/mol. The van der Waals surface area contributed by atoms with Crippen LogP contribution in [-0.2, 0) is 9.59 Å². The van der Waals surface area contributed by atoms with Crippen molar-refractivity contribution in [3.05, 3.63) is 20.3 Å². The lowest BCUT2D eigenvalue weighted by Gasteiger charge is -2.15. The van der Waals surface area contributed by atoms with Gasteiger partial charge in [0.25, 0.3) is 0 Å². The fraction of sp³-hybridized carbons (Fsp3) is 0.462. The fourth-order valence-corrected chi connectivity index (χ4v) is 3.76. The van der Waals surface area contributed by atoms with E-state index in [1.165, 1.54) is 6.07 Å². The highest BCUT2D eigenvalue weighted by Gasteiger charge is 2.29. The third-order valence-electron chi connectivity index (χ3n) is 3.47. The molecule has 1 fully saturated rings. The number of nitrogens with zero attached hydrogens (tertiary/aromatic N) is 1. The number of ketones is 1. The summed E-state index contributed by atoms with van der Waals surface area (Å²) in [6.07, 6.45) is 0.748. The van der Waals surface area contributed by atoms with Crippen LogP contribution in [0, 0.1) is 5.92 Å². The molecular formula is C13H14Cl2N2O3S. The average molecular weight is 349 g/mol. The Kier molecular flexibility index (Phi) is 5.24. The Hall–Kier alpha value is -1.11. The molecule has 0 spiro atoms. The minimum atomic E-state index is -0.388. The molecule has 1 aliphatic rings. The topological polar surface area (TPSA) is 80.5 Å². The zero-order chi connectivity index (χ0) is 15.6. The molecule has 0 bridgehead atoms. The van der Waals surface area contributed by atoms with Crippen LogP contribution in [-0.4, -0.2) is 35.6 Å². The molecule has 0 saturated carbocycles. The van der Waals surface area contributed by atoms with Gasteiger partial charge in [0.05, 0.1) is 10.3 Å². The van der Waals surface area contributed by atoms with Crippen LogP contribution in [0.4, 0.5) is 0 Å². The van der Waals surface area contributed by atoms with Crippen LogP contribution in [0.2, 0.25) is 8.67 Å². The van der Waals surface area contributed by atoms with E-state index in [1.54, 1.807) is 4.90 Å². The quantitative estimate of drug-likeness (QED) is 0.829. The molecule has 1 aromatic heterocycles. The summed E-state index contributed by atoms with van der Waals surface area (Å²) in [5.74, 6) is -1.03. The van der Waals surface area contributed by atoms with Gasteiger partial charge in [0.1, 0.15) is 4.34 Å². The number of rotatable bonds is 5. The number of hydrogen-bond acceptors (Lipinski definition) is 4. The van der Waals surface area contributed by atoms with E-state index in [2.05, 4.69) is 0 Å². The van der Waals surface area contributed by atoms with E-state index in [-0.39, 0.29) is 36.4 Å². The molecule has 0 aliphatic carbocycles. The van der Waals surface area contributed by atoms with Crippen LogP contribution in [0.5, 0.6) is 0 Å². The molecule has 0 aromatic carbocycles. The van der Waals surface area contributed by atoms with Gasteiger partial charge in [-0.05, 0) is 12.5 Å². The normalized spacial score (nSPS) is 18.0. The number of amides is 2. The Morgan fingerprint density at radius 3 is 2.57 bits per heavy atom. The summed E-state index contributed by atoms with van der Waals surface area (Å²) in [5, 5.41) is 0. The van der Waals surface area contributed by atoms with Crippen molar-refractivity contribution in [2.24, 2.45) is 11.7 Å². The van der Waals surface area contributed by atoms with E-state index in [0.29, 0.717) is 33.7 Å². The van der Waals surface area contributed by atoms with Crippen molar-refractivity contribution in [3.8, 4) is 0 Å². The van der Waals surface area contributed by atoms with Gasteiger partial charge in [-0.25, -0.2) is 0 Å². The van der Waals surface area contributed by atoms with Gasteiger partial charge in [-0.15, -0.1) is 11.3 Å². The van der Waals surface area contributed by atoms with Crippen molar-refractivity contribution in [2.75, 3.05) is 13.1 Å². The first-order valence-electron chi connectivity index (χ1n) is 6.43. The maximum absolute atomic E-state index is 12.0. The molecule has 114 valence electrons. The van der Waals surface area contributed by atoms with E-state index in [4.69, 9.17) is 28.9 Å². The molecule has 2 rings (SSSR count). The molecular weight excluding hydrogens is 335 g/mol. The van der Waals surface area contributed by atoms with Gasteiger partial charge in [0.2, 0.25) is 11.8 Å². The van der Waals surface area contributed by atoms with E-state index >= 15 is 0 Å². The van der Waals surface area contributed by atoms with Crippen LogP contribution >= 0.6 is 34.5 Å². The zero-order valence-corrected chi connectivity index (χ0v) is 13.4. The zero-order valence-electron chi connectivity index (χ0n) is 11.1. The first-order chi connectivity index (χ1) is 9.88. The van der Waals surface area contributed by atoms with Crippen molar-refractivity contribution in [3.63, 3.8) is 0 Å². The van der Waals surface area contributed by atoms with E-state index < -0.39 is 0 Å². The second kappa shape index (κ2) is 6.77. The number of likely N-dealkylation sites (tertiary alicyclic amines) is 1. The number of carbonyl (C=O) groups excluding carboxylic acids is 3. The molecule has 8 heteroatoms. The fourth-order valence-electron chi connectivity index (χ4n) is 2.26. The highest BCUT2D eigenvalue weighted by Crippen LogP contribution is 2.32. The number of Topliss-reactive ketones (excluding diaryl/α,β-unsaturated/α-hetero) is 1. The maximum atomic E-state index is 12.0. The van der Waals surface area contributed by atoms with Gasteiger partial charge in [0, 0.05) is 31.5 Å². The monoisotopic (exact) mass is 348 g/mol. The molecule has 21 heavy (non-hydrogen) atoms. The molecule has 1 atom stereocenters. The molecule has 1 unspecified atom stereocenters. The Labute approximate surface area is 136 Å².